The molecular formula is C15H21NO4S. The minimum absolute atomic E-state index is 0.138. The van der Waals surface area contributed by atoms with Crippen molar-refractivity contribution in [3.8, 4) is 0 Å². The zero-order valence-electron chi connectivity index (χ0n) is 12.2. The quantitative estimate of drug-likeness (QED) is 0.902. The molecule has 5 nitrogen and oxygen atoms in total. The number of carbonyl (C=O) groups is 1. The van der Waals surface area contributed by atoms with Crippen LogP contribution in [0.1, 0.15) is 37.3 Å². The molecule has 1 aliphatic heterocycles. The Labute approximate surface area is 125 Å². The van der Waals surface area contributed by atoms with E-state index in [1.54, 1.807) is 12.1 Å². The first-order valence-corrected chi connectivity index (χ1v) is 8.85. The molecule has 1 fully saturated rings. The van der Waals surface area contributed by atoms with E-state index >= 15 is 0 Å². The molecule has 2 rings (SSSR count). The van der Waals surface area contributed by atoms with Gasteiger partial charge in [0.1, 0.15) is 6.04 Å². The Balaban J connectivity index is 2.17. The molecule has 1 aromatic rings. The van der Waals surface area contributed by atoms with Crippen LogP contribution < -0.4 is 0 Å². The van der Waals surface area contributed by atoms with Crippen molar-refractivity contribution in [2.45, 2.75) is 44.4 Å². The number of aliphatic carboxylic acids is 1. The van der Waals surface area contributed by atoms with E-state index in [2.05, 4.69) is 0 Å². The van der Waals surface area contributed by atoms with Crippen LogP contribution >= 0.6 is 0 Å². The van der Waals surface area contributed by atoms with Gasteiger partial charge in [-0.15, -0.1) is 0 Å². The lowest BCUT2D eigenvalue weighted by molar-refractivity contribution is -0.142. The molecule has 6 heteroatoms. The zero-order valence-corrected chi connectivity index (χ0v) is 13.0. The van der Waals surface area contributed by atoms with Gasteiger partial charge >= 0.3 is 5.97 Å². The number of carboxylic acid groups (broad SMARTS) is 1. The monoisotopic (exact) mass is 311 g/mol. The first-order valence-electron chi connectivity index (χ1n) is 7.24. The molecule has 1 heterocycles. The highest BCUT2D eigenvalue weighted by Crippen LogP contribution is 2.23. The number of rotatable bonds is 5. The van der Waals surface area contributed by atoms with Crippen LogP contribution in [0.15, 0.2) is 24.3 Å². The molecule has 0 saturated carbocycles. The molecule has 0 aliphatic carbocycles. The number of piperidine rings is 1. The van der Waals surface area contributed by atoms with Gasteiger partial charge in [-0.2, -0.15) is 4.31 Å². The van der Waals surface area contributed by atoms with Gasteiger partial charge in [-0.05, 0) is 36.8 Å². The highest BCUT2D eigenvalue weighted by Gasteiger charge is 2.36. The van der Waals surface area contributed by atoms with Crippen LogP contribution in [0.3, 0.4) is 0 Å². The Bertz CT molecular complexity index is 595. The van der Waals surface area contributed by atoms with E-state index in [-0.39, 0.29) is 5.75 Å². The Kier molecular flexibility index (Phi) is 5.00. The smallest absolute Gasteiger partial charge is 0.322 e. The van der Waals surface area contributed by atoms with Crippen LogP contribution in [0.4, 0.5) is 0 Å². The lowest BCUT2D eigenvalue weighted by atomic mass is 10.1. The average Bonchev–Trinajstić information content (AvgIpc) is 2.47. The predicted molar refractivity (Wildman–Crippen MR) is 80.4 cm³/mol. The Morgan fingerprint density at radius 1 is 1.24 bits per heavy atom. The van der Waals surface area contributed by atoms with E-state index in [0.29, 0.717) is 18.5 Å². The molecule has 1 saturated heterocycles. The summed E-state index contributed by atoms with van der Waals surface area (Å²) in [5.41, 5.74) is 1.85. The van der Waals surface area contributed by atoms with Crippen molar-refractivity contribution >= 4 is 16.0 Å². The van der Waals surface area contributed by atoms with Gasteiger partial charge in [0.15, 0.2) is 0 Å². The lowest BCUT2D eigenvalue weighted by Crippen LogP contribution is -2.48. The second kappa shape index (κ2) is 6.58. The maximum atomic E-state index is 12.5. The summed E-state index contributed by atoms with van der Waals surface area (Å²) in [5, 5.41) is 9.20. The molecule has 0 unspecified atom stereocenters. The Morgan fingerprint density at radius 2 is 1.86 bits per heavy atom. The lowest BCUT2D eigenvalue weighted by Gasteiger charge is -2.31. The molecule has 0 bridgehead atoms. The average molecular weight is 311 g/mol. The van der Waals surface area contributed by atoms with Gasteiger partial charge < -0.3 is 5.11 Å². The van der Waals surface area contributed by atoms with Crippen molar-refractivity contribution in [1.82, 2.24) is 4.31 Å². The van der Waals surface area contributed by atoms with Crippen LogP contribution in [-0.2, 0) is 27.0 Å². The summed E-state index contributed by atoms with van der Waals surface area (Å²) in [5.74, 6) is -1.19. The third-order valence-electron chi connectivity index (χ3n) is 3.88. The number of sulfonamides is 1. The predicted octanol–water partition coefficient (Wildman–Crippen LogP) is 2.02. The van der Waals surface area contributed by atoms with E-state index in [9.17, 15) is 18.3 Å². The highest BCUT2D eigenvalue weighted by molar-refractivity contribution is 7.88. The van der Waals surface area contributed by atoms with Gasteiger partial charge in [0.2, 0.25) is 10.0 Å². The van der Waals surface area contributed by atoms with Gasteiger partial charge in [-0.3, -0.25) is 4.79 Å². The summed E-state index contributed by atoms with van der Waals surface area (Å²) < 4.78 is 26.1. The molecule has 0 amide bonds. The van der Waals surface area contributed by atoms with Gasteiger partial charge in [0.05, 0.1) is 5.75 Å². The van der Waals surface area contributed by atoms with Crippen LogP contribution in [0.2, 0.25) is 0 Å². The molecule has 1 aromatic carbocycles. The maximum Gasteiger partial charge on any atom is 0.322 e. The number of carboxylic acids is 1. The molecule has 1 aliphatic rings. The summed E-state index contributed by atoms with van der Waals surface area (Å²) in [6.45, 7) is 2.34. The summed E-state index contributed by atoms with van der Waals surface area (Å²) in [4.78, 5) is 11.2. The van der Waals surface area contributed by atoms with Crippen molar-refractivity contribution in [1.29, 1.82) is 0 Å². The van der Waals surface area contributed by atoms with Gasteiger partial charge in [-0.1, -0.05) is 31.2 Å². The third-order valence-corrected chi connectivity index (χ3v) is 5.73. The van der Waals surface area contributed by atoms with E-state index in [1.165, 1.54) is 0 Å². The maximum absolute atomic E-state index is 12.5. The second-order valence-electron chi connectivity index (χ2n) is 5.39. The van der Waals surface area contributed by atoms with Crippen molar-refractivity contribution in [2.75, 3.05) is 6.54 Å². The normalized spacial score (nSPS) is 20.3. The van der Waals surface area contributed by atoms with Crippen molar-refractivity contribution in [3.63, 3.8) is 0 Å². The summed E-state index contributed by atoms with van der Waals surface area (Å²) >= 11 is 0. The number of benzene rings is 1. The first kappa shape index (κ1) is 16.0. The number of aryl methyl sites for hydroxylation is 1. The summed E-state index contributed by atoms with van der Waals surface area (Å²) in [7, 11) is -3.60. The molecule has 21 heavy (non-hydrogen) atoms. The minimum atomic E-state index is -3.60. The van der Waals surface area contributed by atoms with Gasteiger partial charge in [0.25, 0.3) is 0 Å². The minimum Gasteiger partial charge on any atom is -0.480 e. The van der Waals surface area contributed by atoms with E-state index in [4.69, 9.17) is 0 Å². The van der Waals surface area contributed by atoms with Crippen LogP contribution in [0, 0.1) is 0 Å². The fourth-order valence-electron chi connectivity index (χ4n) is 2.65. The molecular weight excluding hydrogens is 290 g/mol. The molecule has 0 aromatic heterocycles. The fourth-order valence-corrected chi connectivity index (χ4v) is 4.42. The Morgan fingerprint density at radius 3 is 2.43 bits per heavy atom. The standard InChI is InChI=1S/C15H21NO4S/c1-2-12-6-8-13(9-7-12)11-21(19,20)16-10-4-3-5-14(16)15(17)18/h6-9,14H,2-5,10-11H2,1H3,(H,17,18)/t14-/m0/s1. The number of hydrogen-bond acceptors (Lipinski definition) is 3. The molecule has 1 N–H and O–H groups in total. The zero-order chi connectivity index (χ0) is 15.5. The fraction of sp³-hybridized carbons (Fsp3) is 0.533. The molecule has 1 atom stereocenters. The van der Waals surface area contributed by atoms with Crippen LogP contribution in [-0.4, -0.2) is 36.4 Å². The van der Waals surface area contributed by atoms with Crippen LogP contribution in [0.5, 0.6) is 0 Å². The van der Waals surface area contributed by atoms with Crippen molar-refractivity contribution in [2.24, 2.45) is 0 Å². The summed E-state index contributed by atoms with van der Waals surface area (Å²) in [6, 6.07) is 6.51. The van der Waals surface area contributed by atoms with Gasteiger partial charge in [0, 0.05) is 6.54 Å². The van der Waals surface area contributed by atoms with E-state index in [1.807, 2.05) is 19.1 Å². The van der Waals surface area contributed by atoms with E-state index < -0.39 is 22.0 Å². The topological polar surface area (TPSA) is 74.7 Å². The number of nitrogens with zero attached hydrogens (tertiary/aromatic N) is 1. The number of hydrogen-bond donors (Lipinski definition) is 1. The third kappa shape index (κ3) is 3.83. The highest BCUT2D eigenvalue weighted by atomic mass is 32.2. The molecule has 0 spiro atoms. The molecule has 116 valence electrons. The second-order valence-corrected chi connectivity index (χ2v) is 7.31. The molecule has 0 radical (unpaired) electrons. The largest absolute Gasteiger partial charge is 0.480 e. The summed E-state index contributed by atoms with van der Waals surface area (Å²) in [6.07, 6.45) is 2.77. The SMILES string of the molecule is CCc1ccc(CS(=O)(=O)N2CCCC[C@H]2C(=O)O)cc1. The van der Waals surface area contributed by atoms with Crippen molar-refractivity contribution < 1.29 is 18.3 Å². The van der Waals surface area contributed by atoms with E-state index in [0.717, 1.165) is 29.1 Å². The van der Waals surface area contributed by atoms with Crippen molar-refractivity contribution in [3.05, 3.63) is 35.4 Å². The Hall–Kier alpha value is -1.40. The first-order chi connectivity index (χ1) is 9.94. The van der Waals surface area contributed by atoms with Crippen LogP contribution in [0.25, 0.3) is 0 Å². The van der Waals surface area contributed by atoms with Gasteiger partial charge in [-0.25, -0.2) is 8.42 Å².